The summed E-state index contributed by atoms with van der Waals surface area (Å²) in [6, 6.07) is 13.4. The third-order valence-corrected chi connectivity index (χ3v) is 3.68. The zero-order valence-corrected chi connectivity index (χ0v) is 10.4. The molecule has 1 aromatic heterocycles. The van der Waals surface area contributed by atoms with Crippen molar-refractivity contribution < 1.29 is 0 Å². The van der Waals surface area contributed by atoms with E-state index in [0.717, 1.165) is 6.42 Å². The zero-order chi connectivity index (χ0) is 11.7. The van der Waals surface area contributed by atoms with Crippen LogP contribution in [-0.4, -0.2) is 6.91 Å². The molecule has 1 aliphatic carbocycles. The Morgan fingerprint density at radius 1 is 1.06 bits per heavy atom. The molecular formula is C16H17B. The number of aryl methyl sites for hydroxylation is 1. The molecule has 1 heterocycles. The molecule has 0 unspecified atom stereocenters. The van der Waals surface area contributed by atoms with Gasteiger partial charge in [-0.2, -0.15) is 0 Å². The van der Waals surface area contributed by atoms with Crippen molar-refractivity contribution in [2.45, 2.75) is 32.6 Å². The van der Waals surface area contributed by atoms with Crippen LogP contribution in [0.25, 0.3) is 11.1 Å². The fraction of sp³-hybridized carbons (Fsp3) is 0.312. The van der Waals surface area contributed by atoms with Crippen LogP contribution in [0.3, 0.4) is 0 Å². The van der Waals surface area contributed by atoms with Crippen LogP contribution in [-0.2, 0) is 12.8 Å². The molecule has 1 aromatic carbocycles. The van der Waals surface area contributed by atoms with Gasteiger partial charge in [0.05, 0.1) is 0 Å². The molecule has 0 spiro atoms. The number of fused-ring (bicyclic) bond motifs is 3. The first-order valence-electron chi connectivity index (χ1n) is 6.58. The normalized spacial score (nSPS) is 12.1. The van der Waals surface area contributed by atoms with E-state index in [0.29, 0.717) is 0 Å². The van der Waals surface area contributed by atoms with Crippen molar-refractivity contribution in [1.82, 2.24) is 0 Å². The zero-order valence-electron chi connectivity index (χ0n) is 10.4. The van der Waals surface area contributed by atoms with E-state index in [1.165, 1.54) is 46.9 Å². The molecular weight excluding hydrogens is 203 g/mol. The summed E-state index contributed by atoms with van der Waals surface area (Å²) in [5.41, 5.74) is 7.37. The molecule has 3 rings (SSSR count). The van der Waals surface area contributed by atoms with Gasteiger partial charge in [0.1, 0.15) is 0 Å². The van der Waals surface area contributed by atoms with Crippen LogP contribution in [0, 0.1) is 0 Å². The molecule has 84 valence electrons. The van der Waals surface area contributed by atoms with Gasteiger partial charge in [-0.15, -0.1) is 0 Å². The second kappa shape index (κ2) is 4.48. The van der Waals surface area contributed by atoms with Crippen molar-refractivity contribution in [1.29, 1.82) is 0 Å². The van der Waals surface area contributed by atoms with Gasteiger partial charge in [0.2, 0.25) is 0 Å². The van der Waals surface area contributed by atoms with Crippen LogP contribution in [0.5, 0.6) is 0 Å². The second-order valence-electron chi connectivity index (χ2n) is 4.93. The number of unbranched alkanes of at least 4 members (excludes halogenated alkanes) is 1. The predicted octanol–water partition coefficient (Wildman–Crippen LogP) is 3.94. The minimum absolute atomic E-state index is 1.12. The predicted molar refractivity (Wildman–Crippen MR) is 74.6 cm³/mol. The molecule has 0 saturated carbocycles. The Labute approximate surface area is 104 Å². The summed E-state index contributed by atoms with van der Waals surface area (Å²) in [4.78, 5) is 0. The maximum absolute atomic E-state index is 2.41. The third kappa shape index (κ3) is 1.95. The Morgan fingerprint density at radius 3 is 2.82 bits per heavy atom. The molecule has 0 aliphatic heterocycles. The summed E-state index contributed by atoms with van der Waals surface area (Å²) in [5, 5.41) is 0. The first-order chi connectivity index (χ1) is 8.38. The van der Waals surface area contributed by atoms with Crippen molar-refractivity contribution in [2.24, 2.45) is 0 Å². The molecule has 0 fully saturated rings. The van der Waals surface area contributed by atoms with Gasteiger partial charge in [-0.1, -0.05) is 0 Å². The van der Waals surface area contributed by atoms with Gasteiger partial charge in [-0.25, -0.2) is 0 Å². The Kier molecular flexibility index (Phi) is 2.84. The van der Waals surface area contributed by atoms with Gasteiger partial charge in [-0.05, 0) is 0 Å². The number of benzene rings is 1. The summed E-state index contributed by atoms with van der Waals surface area (Å²) >= 11 is 0. The van der Waals surface area contributed by atoms with Crippen molar-refractivity contribution in [3.63, 3.8) is 0 Å². The van der Waals surface area contributed by atoms with E-state index < -0.39 is 0 Å². The Morgan fingerprint density at radius 2 is 1.94 bits per heavy atom. The maximum atomic E-state index is 2.41. The molecule has 0 saturated heterocycles. The van der Waals surface area contributed by atoms with Gasteiger partial charge in [0.25, 0.3) is 0 Å². The topological polar surface area (TPSA) is 0 Å². The Hall–Kier alpha value is -1.37. The van der Waals surface area contributed by atoms with E-state index in [2.05, 4.69) is 50.2 Å². The fourth-order valence-corrected chi connectivity index (χ4v) is 2.73. The SMILES string of the molecule is CCCCc1bc2c(cc1)-c1ccccc1C2. The van der Waals surface area contributed by atoms with Crippen LogP contribution >= 0.6 is 0 Å². The first kappa shape index (κ1) is 10.8. The minimum atomic E-state index is 1.12. The Bertz CT molecular complexity index is 543. The Balaban J connectivity index is 1.95. The second-order valence-corrected chi connectivity index (χ2v) is 4.93. The number of hydrogen-bond donors (Lipinski definition) is 0. The molecule has 0 nitrogen and oxygen atoms in total. The summed E-state index contributed by atoms with van der Waals surface area (Å²) in [6.07, 6.45) is 4.91. The van der Waals surface area contributed by atoms with Crippen LogP contribution in [0.1, 0.15) is 36.2 Å². The van der Waals surface area contributed by atoms with Gasteiger partial charge in [0.15, 0.2) is 0 Å². The van der Waals surface area contributed by atoms with Crippen LogP contribution in [0.15, 0.2) is 36.4 Å². The number of rotatable bonds is 3. The summed E-state index contributed by atoms with van der Waals surface area (Å²) in [5.74, 6) is 0. The van der Waals surface area contributed by atoms with Crippen molar-refractivity contribution in [3.05, 3.63) is 52.9 Å². The molecule has 0 amide bonds. The molecule has 0 atom stereocenters. The summed E-state index contributed by atoms with van der Waals surface area (Å²) < 4.78 is 0. The standard InChI is InChI=1S/C16H17B/c1-2-3-7-13-9-10-15-14-8-5-4-6-12(14)11-16(15)17-13/h4-6,8-10H,2-3,7,11H2,1H3. The molecule has 17 heavy (non-hydrogen) atoms. The molecule has 1 heteroatoms. The van der Waals surface area contributed by atoms with E-state index in [4.69, 9.17) is 0 Å². The molecule has 2 aromatic rings. The van der Waals surface area contributed by atoms with E-state index in [-0.39, 0.29) is 0 Å². The van der Waals surface area contributed by atoms with Crippen molar-refractivity contribution in [2.75, 3.05) is 0 Å². The van der Waals surface area contributed by atoms with Gasteiger partial charge in [0, 0.05) is 0 Å². The van der Waals surface area contributed by atoms with Crippen LogP contribution in [0.2, 0.25) is 0 Å². The van der Waals surface area contributed by atoms with Crippen LogP contribution in [0.4, 0.5) is 0 Å². The molecule has 0 N–H and O–H groups in total. The van der Waals surface area contributed by atoms with E-state index in [1.54, 1.807) is 0 Å². The average Bonchev–Trinajstić information content (AvgIpc) is 2.74. The number of hydrogen-bond acceptors (Lipinski definition) is 0. The van der Waals surface area contributed by atoms with Crippen molar-refractivity contribution in [3.8, 4) is 11.1 Å². The fourth-order valence-electron chi connectivity index (χ4n) is 2.73. The van der Waals surface area contributed by atoms with E-state index in [9.17, 15) is 0 Å². The molecule has 1 aliphatic rings. The monoisotopic (exact) mass is 220 g/mol. The van der Waals surface area contributed by atoms with Gasteiger partial charge >= 0.3 is 104 Å². The third-order valence-electron chi connectivity index (χ3n) is 3.68. The quantitative estimate of drug-likeness (QED) is 0.627. The first-order valence-corrected chi connectivity index (χ1v) is 6.58. The summed E-state index contributed by atoms with van der Waals surface area (Å²) in [6.45, 7) is 4.66. The molecule has 0 radical (unpaired) electrons. The average molecular weight is 220 g/mol. The summed E-state index contributed by atoms with van der Waals surface area (Å²) in [7, 11) is 0. The van der Waals surface area contributed by atoms with Crippen LogP contribution < -0.4 is 0 Å². The van der Waals surface area contributed by atoms with E-state index in [1.807, 2.05) is 0 Å². The van der Waals surface area contributed by atoms with Crippen molar-refractivity contribution >= 4 is 6.91 Å². The van der Waals surface area contributed by atoms with Gasteiger partial charge < -0.3 is 0 Å². The molecule has 0 bridgehead atoms. The van der Waals surface area contributed by atoms with Gasteiger partial charge in [-0.3, -0.25) is 0 Å². The van der Waals surface area contributed by atoms with E-state index >= 15 is 0 Å².